The van der Waals surface area contributed by atoms with E-state index in [2.05, 4.69) is 38.0 Å². The Morgan fingerprint density at radius 2 is 2.04 bits per heavy atom. The van der Waals surface area contributed by atoms with Crippen LogP contribution in [0.2, 0.25) is 0 Å². The second kappa shape index (κ2) is 14.0. The molecular weight excluding hydrogens is 338 g/mol. The number of amides is 1. The van der Waals surface area contributed by atoms with Crippen LogP contribution in [0.4, 0.5) is 0 Å². The Labute approximate surface area is 156 Å². The molecule has 0 aliphatic carbocycles. The fraction of sp³-hybridized carbons (Fsp3) is 0.778. The fourth-order valence-electron chi connectivity index (χ4n) is 1.83. The third kappa shape index (κ3) is 17.4. The van der Waals surface area contributed by atoms with Crippen LogP contribution in [-0.4, -0.2) is 40.8 Å². The average molecular weight is 374 g/mol. The normalized spacial score (nSPS) is 12.2. The maximum atomic E-state index is 10.3. The zero-order valence-corrected chi connectivity index (χ0v) is 16.9. The minimum absolute atomic E-state index is 0.0160. The lowest BCUT2D eigenvalue weighted by Crippen LogP contribution is -2.42. The van der Waals surface area contributed by atoms with E-state index < -0.39 is 6.10 Å². The highest BCUT2D eigenvalue weighted by atomic mass is 32.1. The summed E-state index contributed by atoms with van der Waals surface area (Å²) in [7, 11) is 0. The number of aliphatic hydroxyl groups excluding tert-OH is 1. The summed E-state index contributed by atoms with van der Waals surface area (Å²) in [5.74, 6) is -0.170. The van der Waals surface area contributed by atoms with Crippen LogP contribution < -0.4 is 15.8 Å². The van der Waals surface area contributed by atoms with E-state index in [4.69, 9.17) is 10.5 Å². The highest BCUT2D eigenvalue weighted by Gasteiger charge is 2.12. The van der Waals surface area contributed by atoms with Gasteiger partial charge in [0.05, 0.1) is 0 Å². The second-order valence-corrected chi connectivity index (χ2v) is 7.88. The number of hydrogen-bond donors (Lipinski definition) is 3. The number of primary amides is 1. The van der Waals surface area contributed by atoms with Gasteiger partial charge in [0, 0.05) is 30.1 Å². The SMILES string of the molecule is CC(C)(C)NCC(O)COc1nccs1.CCCCCCCC(N)=O. The van der Waals surface area contributed by atoms with Crippen LogP contribution in [0.1, 0.15) is 66.2 Å². The van der Waals surface area contributed by atoms with Crippen molar-refractivity contribution >= 4 is 17.2 Å². The van der Waals surface area contributed by atoms with Crippen molar-refractivity contribution in [2.45, 2.75) is 77.9 Å². The Kier molecular flexibility index (Phi) is 13.4. The van der Waals surface area contributed by atoms with E-state index >= 15 is 0 Å². The lowest BCUT2D eigenvalue weighted by molar-refractivity contribution is -0.118. The highest BCUT2D eigenvalue weighted by Crippen LogP contribution is 2.13. The molecule has 1 heterocycles. The first kappa shape index (κ1) is 23.8. The molecule has 0 radical (unpaired) electrons. The van der Waals surface area contributed by atoms with Crippen molar-refractivity contribution in [1.29, 1.82) is 0 Å². The predicted octanol–water partition coefficient (Wildman–Crippen LogP) is 3.10. The van der Waals surface area contributed by atoms with Gasteiger partial charge >= 0.3 is 0 Å². The number of β-amino-alcohol motifs (C(OH)–C–C–N with tert-alkyl or cyclic N) is 1. The summed E-state index contributed by atoms with van der Waals surface area (Å²) in [6.45, 7) is 9.14. The van der Waals surface area contributed by atoms with Crippen molar-refractivity contribution in [1.82, 2.24) is 10.3 Å². The number of nitrogens with one attached hydrogen (secondary N) is 1. The minimum Gasteiger partial charge on any atom is -0.467 e. The van der Waals surface area contributed by atoms with Crippen molar-refractivity contribution in [3.8, 4) is 5.19 Å². The van der Waals surface area contributed by atoms with Crippen LogP contribution in [0.25, 0.3) is 0 Å². The molecule has 0 aliphatic rings. The molecule has 0 bridgehead atoms. The number of aromatic nitrogens is 1. The summed E-state index contributed by atoms with van der Waals surface area (Å²) in [5, 5.41) is 15.2. The predicted molar refractivity (Wildman–Crippen MR) is 104 cm³/mol. The topological polar surface area (TPSA) is 97.5 Å². The first-order chi connectivity index (χ1) is 11.7. The first-order valence-electron chi connectivity index (χ1n) is 8.98. The van der Waals surface area contributed by atoms with Crippen LogP contribution in [-0.2, 0) is 4.79 Å². The molecule has 0 fully saturated rings. The Hall–Kier alpha value is -1.18. The summed E-state index contributed by atoms with van der Waals surface area (Å²) in [5.41, 5.74) is 4.98. The molecule has 1 aromatic heterocycles. The average Bonchev–Trinajstić information content (AvgIpc) is 3.04. The van der Waals surface area contributed by atoms with Crippen molar-refractivity contribution < 1.29 is 14.6 Å². The van der Waals surface area contributed by atoms with Crippen LogP contribution in [0.3, 0.4) is 0 Å². The Morgan fingerprint density at radius 3 is 2.56 bits per heavy atom. The largest absolute Gasteiger partial charge is 0.467 e. The Balaban J connectivity index is 0.000000504. The number of hydrogen-bond acceptors (Lipinski definition) is 6. The van der Waals surface area contributed by atoms with Gasteiger partial charge in [-0.15, -0.1) is 0 Å². The molecule has 1 rings (SSSR count). The van der Waals surface area contributed by atoms with Crippen LogP contribution in [0.15, 0.2) is 11.6 Å². The minimum atomic E-state index is -0.506. The summed E-state index contributed by atoms with van der Waals surface area (Å²) < 4.78 is 5.29. The van der Waals surface area contributed by atoms with Crippen LogP contribution >= 0.6 is 11.3 Å². The van der Waals surface area contributed by atoms with Gasteiger partial charge in [0.1, 0.15) is 12.7 Å². The van der Waals surface area contributed by atoms with Gasteiger partial charge in [0.25, 0.3) is 5.19 Å². The quantitative estimate of drug-likeness (QED) is 0.518. The summed E-state index contributed by atoms with van der Waals surface area (Å²) >= 11 is 1.42. The van der Waals surface area contributed by atoms with Crippen molar-refractivity contribution in [3.05, 3.63) is 11.6 Å². The van der Waals surface area contributed by atoms with Crippen molar-refractivity contribution in [3.63, 3.8) is 0 Å². The first-order valence-corrected chi connectivity index (χ1v) is 9.86. The van der Waals surface area contributed by atoms with Crippen LogP contribution in [0.5, 0.6) is 5.19 Å². The number of unbranched alkanes of at least 4 members (excludes halogenated alkanes) is 4. The summed E-state index contributed by atoms with van der Waals surface area (Å²) in [6, 6.07) is 0. The second-order valence-electron chi connectivity index (χ2n) is 7.02. The molecule has 7 heteroatoms. The highest BCUT2D eigenvalue weighted by molar-refractivity contribution is 7.11. The molecule has 25 heavy (non-hydrogen) atoms. The summed E-state index contributed by atoms with van der Waals surface area (Å²) in [4.78, 5) is 14.2. The van der Waals surface area contributed by atoms with E-state index in [1.165, 1.54) is 30.6 Å². The maximum absolute atomic E-state index is 10.3. The summed E-state index contributed by atoms with van der Waals surface area (Å²) in [6.07, 6.45) is 7.61. The monoisotopic (exact) mass is 373 g/mol. The zero-order chi connectivity index (χ0) is 19.1. The van der Waals surface area contributed by atoms with Gasteiger partial charge in [-0.1, -0.05) is 43.9 Å². The van der Waals surface area contributed by atoms with Gasteiger partial charge in [-0.25, -0.2) is 4.98 Å². The molecule has 146 valence electrons. The number of nitrogens with zero attached hydrogens (tertiary/aromatic N) is 1. The number of ether oxygens (including phenoxy) is 1. The molecule has 1 aromatic rings. The number of rotatable bonds is 11. The molecule has 0 aromatic carbocycles. The third-order valence-corrected chi connectivity index (χ3v) is 3.89. The molecule has 1 amide bonds. The van der Waals surface area contributed by atoms with Crippen molar-refractivity contribution in [2.75, 3.05) is 13.2 Å². The molecule has 1 atom stereocenters. The third-order valence-electron chi connectivity index (χ3n) is 3.20. The van der Waals surface area contributed by atoms with E-state index in [1.54, 1.807) is 6.20 Å². The molecular formula is C18H35N3O3S. The number of aliphatic hydroxyl groups is 1. The van der Waals surface area contributed by atoms with Gasteiger partial charge in [0.15, 0.2) is 0 Å². The van der Waals surface area contributed by atoms with E-state index in [1.807, 2.05) is 5.38 Å². The van der Waals surface area contributed by atoms with Crippen molar-refractivity contribution in [2.24, 2.45) is 5.73 Å². The Bertz CT molecular complexity index is 433. The van der Waals surface area contributed by atoms with E-state index in [0.29, 0.717) is 18.2 Å². The lowest BCUT2D eigenvalue weighted by Gasteiger charge is -2.22. The number of carbonyl (C=O) groups excluding carboxylic acids is 1. The molecule has 4 N–H and O–H groups in total. The van der Waals surface area contributed by atoms with Gasteiger partial charge in [-0.2, -0.15) is 0 Å². The van der Waals surface area contributed by atoms with E-state index in [-0.39, 0.29) is 18.1 Å². The smallest absolute Gasteiger partial charge is 0.273 e. The molecule has 0 spiro atoms. The van der Waals surface area contributed by atoms with Gasteiger partial charge in [-0.3, -0.25) is 4.79 Å². The fourth-order valence-corrected chi connectivity index (χ4v) is 2.33. The standard InChI is InChI=1S/C10H18N2O2S.C8H17NO/c1-10(2,3)12-6-8(13)7-14-9-11-4-5-15-9;1-2-3-4-5-6-7-8(9)10/h4-5,8,12-13H,6-7H2,1-3H3;2-7H2,1H3,(H2,9,10). The van der Waals surface area contributed by atoms with Gasteiger partial charge < -0.3 is 20.9 Å². The molecule has 6 nitrogen and oxygen atoms in total. The number of nitrogens with two attached hydrogens (primary N) is 1. The Morgan fingerprint density at radius 1 is 1.36 bits per heavy atom. The lowest BCUT2D eigenvalue weighted by atomic mass is 10.1. The zero-order valence-electron chi connectivity index (χ0n) is 16.1. The maximum Gasteiger partial charge on any atom is 0.273 e. The van der Waals surface area contributed by atoms with Gasteiger partial charge in [-0.05, 0) is 27.2 Å². The molecule has 0 aliphatic heterocycles. The van der Waals surface area contributed by atoms with Gasteiger partial charge in [0.2, 0.25) is 5.91 Å². The molecule has 1 unspecified atom stereocenters. The molecule has 0 saturated heterocycles. The number of thiazole rings is 1. The van der Waals surface area contributed by atoms with Crippen LogP contribution in [0, 0.1) is 0 Å². The molecule has 0 saturated carbocycles. The van der Waals surface area contributed by atoms with E-state index in [9.17, 15) is 9.90 Å². The van der Waals surface area contributed by atoms with E-state index in [0.717, 1.165) is 12.8 Å². The number of carbonyl (C=O) groups is 1.